The Morgan fingerprint density at radius 1 is 1.19 bits per heavy atom. The molecule has 0 spiro atoms. The van der Waals surface area contributed by atoms with Crippen molar-refractivity contribution in [3.05, 3.63) is 58.1 Å². The van der Waals surface area contributed by atoms with Gasteiger partial charge in [-0.15, -0.1) is 0 Å². The van der Waals surface area contributed by atoms with Crippen molar-refractivity contribution in [3.8, 4) is 5.75 Å². The highest BCUT2D eigenvalue weighted by Gasteiger charge is 2.16. The van der Waals surface area contributed by atoms with Gasteiger partial charge in [0.25, 0.3) is 5.91 Å². The molecule has 0 fully saturated rings. The fourth-order valence-electron chi connectivity index (χ4n) is 2.56. The number of methoxy groups -OCH3 is 1. The van der Waals surface area contributed by atoms with Crippen molar-refractivity contribution in [2.75, 3.05) is 19.0 Å². The minimum atomic E-state index is -0.557. The third kappa shape index (κ3) is 4.76. The lowest BCUT2D eigenvalue weighted by molar-refractivity contribution is -0.118. The number of ether oxygens (including phenoxy) is 2. The van der Waals surface area contributed by atoms with Crippen LogP contribution in [0.4, 0.5) is 5.69 Å². The second-order valence-corrected chi connectivity index (χ2v) is 6.60. The summed E-state index contributed by atoms with van der Waals surface area (Å²) in [4.78, 5) is 24.2. The topological polar surface area (TPSA) is 64.6 Å². The number of nitrogens with one attached hydrogen (secondary N) is 1. The number of benzene rings is 2. The smallest absolute Gasteiger partial charge is 0.341 e. The maximum absolute atomic E-state index is 12.4. The number of carbonyl (C=O) groups is 2. The molecule has 2 aromatic carbocycles. The van der Waals surface area contributed by atoms with Crippen LogP contribution in [0, 0.1) is 6.92 Å². The van der Waals surface area contributed by atoms with Crippen molar-refractivity contribution in [1.82, 2.24) is 0 Å². The summed E-state index contributed by atoms with van der Waals surface area (Å²) in [5.74, 6) is -0.409. The van der Waals surface area contributed by atoms with Crippen LogP contribution in [0.1, 0.15) is 41.3 Å². The van der Waals surface area contributed by atoms with Gasteiger partial charge in [0.1, 0.15) is 11.3 Å². The van der Waals surface area contributed by atoms with Gasteiger partial charge in [-0.1, -0.05) is 43.6 Å². The summed E-state index contributed by atoms with van der Waals surface area (Å²) >= 11 is 5.95. The van der Waals surface area contributed by atoms with Crippen molar-refractivity contribution in [3.63, 3.8) is 0 Å². The number of hydrogen-bond acceptors (Lipinski definition) is 4. The van der Waals surface area contributed by atoms with Crippen molar-refractivity contribution >= 4 is 29.2 Å². The van der Waals surface area contributed by atoms with Crippen LogP contribution in [0.15, 0.2) is 36.4 Å². The number of hydrogen-bond donors (Lipinski definition) is 1. The Kier molecular flexibility index (Phi) is 6.64. The van der Waals surface area contributed by atoms with Crippen LogP contribution in [-0.4, -0.2) is 25.6 Å². The van der Waals surface area contributed by atoms with Gasteiger partial charge >= 0.3 is 5.97 Å². The van der Waals surface area contributed by atoms with E-state index in [1.807, 2.05) is 25.1 Å². The number of para-hydroxylation sites is 1. The van der Waals surface area contributed by atoms with Crippen LogP contribution >= 0.6 is 11.6 Å². The van der Waals surface area contributed by atoms with Crippen molar-refractivity contribution < 1.29 is 19.1 Å². The number of anilines is 1. The van der Waals surface area contributed by atoms with E-state index < -0.39 is 5.97 Å². The van der Waals surface area contributed by atoms with Crippen LogP contribution in [0.2, 0.25) is 5.02 Å². The van der Waals surface area contributed by atoms with Gasteiger partial charge in [0.05, 0.1) is 7.11 Å². The first kappa shape index (κ1) is 19.8. The van der Waals surface area contributed by atoms with Gasteiger partial charge in [-0.25, -0.2) is 4.79 Å². The summed E-state index contributed by atoms with van der Waals surface area (Å²) in [7, 11) is 1.28. The summed E-state index contributed by atoms with van der Waals surface area (Å²) < 4.78 is 10.2. The first-order valence-electron chi connectivity index (χ1n) is 8.23. The van der Waals surface area contributed by atoms with E-state index in [1.54, 1.807) is 6.07 Å². The summed E-state index contributed by atoms with van der Waals surface area (Å²) in [6.45, 7) is 5.82. The molecule has 5 nitrogen and oxygen atoms in total. The van der Waals surface area contributed by atoms with Gasteiger partial charge in [-0.05, 0) is 42.2 Å². The molecule has 0 saturated carbocycles. The van der Waals surface area contributed by atoms with Crippen molar-refractivity contribution in [2.24, 2.45) is 0 Å². The van der Waals surface area contributed by atoms with Gasteiger partial charge in [0.15, 0.2) is 6.61 Å². The zero-order valence-electron chi connectivity index (χ0n) is 15.3. The predicted octanol–water partition coefficient (Wildman–Crippen LogP) is 4.58. The van der Waals surface area contributed by atoms with E-state index in [0.717, 1.165) is 16.8 Å². The molecule has 0 aliphatic heterocycles. The molecule has 138 valence electrons. The lowest BCUT2D eigenvalue weighted by Crippen LogP contribution is -2.22. The first-order chi connectivity index (χ1) is 12.3. The number of amides is 1. The molecule has 0 saturated heterocycles. The van der Waals surface area contributed by atoms with Crippen LogP contribution in [0.3, 0.4) is 0 Å². The van der Waals surface area contributed by atoms with Gasteiger partial charge in [-0.2, -0.15) is 0 Å². The highest BCUT2D eigenvalue weighted by atomic mass is 35.5. The standard InChI is InChI=1S/C20H22ClNO4/c1-12(2)15-7-5-6-13(3)19(15)22-18(23)11-26-17-10-14(21)8-9-16(17)20(24)25-4/h5-10,12H,11H2,1-4H3,(H,22,23). The van der Waals surface area contributed by atoms with E-state index in [2.05, 4.69) is 19.2 Å². The van der Waals surface area contributed by atoms with E-state index in [9.17, 15) is 9.59 Å². The maximum atomic E-state index is 12.4. The SMILES string of the molecule is COC(=O)c1ccc(Cl)cc1OCC(=O)Nc1c(C)cccc1C(C)C. The normalized spacial score (nSPS) is 10.5. The Labute approximate surface area is 158 Å². The monoisotopic (exact) mass is 375 g/mol. The van der Waals surface area contributed by atoms with Gasteiger partial charge in [0.2, 0.25) is 0 Å². The summed E-state index contributed by atoms with van der Waals surface area (Å²) in [5, 5.41) is 3.29. The van der Waals surface area contributed by atoms with Gasteiger partial charge < -0.3 is 14.8 Å². The molecule has 2 aromatic rings. The van der Waals surface area contributed by atoms with E-state index >= 15 is 0 Å². The second kappa shape index (κ2) is 8.72. The van der Waals surface area contributed by atoms with Crippen LogP contribution in [-0.2, 0) is 9.53 Å². The van der Waals surface area contributed by atoms with Crippen LogP contribution in [0.25, 0.3) is 0 Å². The zero-order valence-corrected chi connectivity index (χ0v) is 16.0. The predicted molar refractivity (Wildman–Crippen MR) is 102 cm³/mol. The Morgan fingerprint density at radius 2 is 1.92 bits per heavy atom. The fourth-order valence-corrected chi connectivity index (χ4v) is 2.72. The quantitative estimate of drug-likeness (QED) is 0.751. The Bertz CT molecular complexity index is 817. The average molecular weight is 376 g/mol. The maximum Gasteiger partial charge on any atom is 0.341 e. The van der Waals surface area contributed by atoms with E-state index in [-0.39, 0.29) is 29.7 Å². The molecule has 1 N–H and O–H groups in total. The molecule has 6 heteroatoms. The zero-order chi connectivity index (χ0) is 19.3. The number of rotatable bonds is 6. The molecule has 0 atom stereocenters. The molecule has 0 aromatic heterocycles. The third-order valence-corrected chi connectivity index (χ3v) is 4.13. The van der Waals surface area contributed by atoms with Gasteiger partial charge in [-0.3, -0.25) is 4.79 Å². The summed E-state index contributed by atoms with van der Waals surface area (Å²) in [6.07, 6.45) is 0. The van der Waals surface area contributed by atoms with Crippen molar-refractivity contribution in [1.29, 1.82) is 0 Å². The second-order valence-electron chi connectivity index (χ2n) is 6.16. The molecular formula is C20H22ClNO4. The summed E-state index contributed by atoms with van der Waals surface area (Å²) in [5.41, 5.74) is 3.03. The molecule has 0 heterocycles. The Balaban J connectivity index is 2.14. The summed E-state index contributed by atoms with van der Waals surface area (Å²) in [6, 6.07) is 10.4. The van der Waals surface area contributed by atoms with Crippen LogP contribution < -0.4 is 10.1 Å². The Hall–Kier alpha value is -2.53. The van der Waals surface area contributed by atoms with Crippen LogP contribution in [0.5, 0.6) is 5.75 Å². The van der Waals surface area contributed by atoms with E-state index in [0.29, 0.717) is 5.02 Å². The highest BCUT2D eigenvalue weighted by Crippen LogP contribution is 2.28. The largest absolute Gasteiger partial charge is 0.483 e. The number of aryl methyl sites for hydroxylation is 1. The van der Waals surface area contributed by atoms with Gasteiger partial charge in [0, 0.05) is 10.7 Å². The number of carbonyl (C=O) groups excluding carboxylic acids is 2. The lowest BCUT2D eigenvalue weighted by atomic mass is 9.98. The fraction of sp³-hybridized carbons (Fsp3) is 0.300. The minimum absolute atomic E-state index is 0.202. The number of esters is 1. The van der Waals surface area contributed by atoms with E-state index in [4.69, 9.17) is 21.1 Å². The third-order valence-electron chi connectivity index (χ3n) is 3.90. The molecule has 1 amide bonds. The van der Waals surface area contributed by atoms with E-state index in [1.165, 1.54) is 19.2 Å². The molecule has 0 aliphatic rings. The molecule has 26 heavy (non-hydrogen) atoms. The molecule has 2 rings (SSSR count). The van der Waals surface area contributed by atoms with Crippen molar-refractivity contribution in [2.45, 2.75) is 26.7 Å². The first-order valence-corrected chi connectivity index (χ1v) is 8.61. The number of halogens is 1. The molecule has 0 radical (unpaired) electrons. The molecule has 0 bridgehead atoms. The molecule has 0 unspecified atom stereocenters. The molecular weight excluding hydrogens is 354 g/mol. The average Bonchev–Trinajstić information content (AvgIpc) is 2.61. The molecule has 0 aliphatic carbocycles. The highest BCUT2D eigenvalue weighted by molar-refractivity contribution is 6.30. The Morgan fingerprint density at radius 3 is 2.58 bits per heavy atom. The lowest BCUT2D eigenvalue weighted by Gasteiger charge is -2.17. The minimum Gasteiger partial charge on any atom is -0.483 e.